The number of nitro benzene ring substituents is 1. The van der Waals surface area contributed by atoms with Gasteiger partial charge in [0.1, 0.15) is 5.75 Å². The van der Waals surface area contributed by atoms with Gasteiger partial charge >= 0.3 is 0 Å². The van der Waals surface area contributed by atoms with Crippen molar-refractivity contribution in [2.24, 2.45) is 0 Å². The van der Waals surface area contributed by atoms with Crippen LogP contribution in [0.25, 0.3) is 22.8 Å². The summed E-state index contributed by atoms with van der Waals surface area (Å²) in [6, 6.07) is 16.0. The summed E-state index contributed by atoms with van der Waals surface area (Å²) in [5.74, 6) is 0.543. The number of nitrogens with one attached hydrogen (secondary N) is 1. The zero-order chi connectivity index (χ0) is 21.6. The van der Waals surface area contributed by atoms with Crippen molar-refractivity contribution in [3.63, 3.8) is 0 Å². The van der Waals surface area contributed by atoms with Crippen molar-refractivity contribution < 1.29 is 19.0 Å². The fraction of sp³-hybridized carbons (Fsp3) is 0.0476. The molecule has 0 radical (unpaired) electrons. The van der Waals surface area contributed by atoms with Gasteiger partial charge in [0.05, 0.1) is 16.2 Å². The summed E-state index contributed by atoms with van der Waals surface area (Å²) in [4.78, 5) is 30.9. The van der Waals surface area contributed by atoms with Crippen molar-refractivity contribution in [3.8, 4) is 28.6 Å². The highest BCUT2D eigenvalue weighted by Gasteiger charge is 2.16. The topological polar surface area (TPSA) is 133 Å². The van der Waals surface area contributed by atoms with Gasteiger partial charge in [0.15, 0.2) is 6.61 Å². The molecule has 31 heavy (non-hydrogen) atoms. The minimum absolute atomic E-state index is 0.0593. The molecule has 10 nitrogen and oxygen atoms in total. The minimum atomic E-state index is -0.509. The fourth-order valence-corrected chi connectivity index (χ4v) is 2.72. The molecule has 1 amide bonds. The van der Waals surface area contributed by atoms with Crippen LogP contribution in [0, 0.1) is 10.1 Å². The highest BCUT2D eigenvalue weighted by atomic mass is 16.6. The van der Waals surface area contributed by atoms with E-state index in [-0.39, 0.29) is 18.2 Å². The molecule has 0 atom stereocenters. The maximum atomic E-state index is 12.4. The van der Waals surface area contributed by atoms with Crippen LogP contribution in [0.4, 0.5) is 11.4 Å². The number of hydrogen-bond donors (Lipinski definition) is 1. The molecule has 1 N–H and O–H groups in total. The third-order valence-electron chi connectivity index (χ3n) is 4.19. The molecule has 4 aromatic rings. The van der Waals surface area contributed by atoms with Gasteiger partial charge in [-0.15, -0.1) is 0 Å². The number of nitrogens with zero attached hydrogens (tertiary/aromatic N) is 4. The van der Waals surface area contributed by atoms with Crippen LogP contribution in [0.3, 0.4) is 0 Å². The van der Waals surface area contributed by atoms with E-state index in [1.165, 1.54) is 24.3 Å². The molecule has 2 aromatic heterocycles. The van der Waals surface area contributed by atoms with E-state index < -0.39 is 10.8 Å². The van der Waals surface area contributed by atoms with Crippen LogP contribution in [0.5, 0.6) is 5.75 Å². The van der Waals surface area contributed by atoms with Gasteiger partial charge in [0.25, 0.3) is 17.5 Å². The van der Waals surface area contributed by atoms with E-state index in [0.29, 0.717) is 28.4 Å². The first-order valence-electron chi connectivity index (χ1n) is 9.11. The molecule has 0 saturated heterocycles. The lowest BCUT2D eigenvalue weighted by atomic mass is 10.1. The summed E-state index contributed by atoms with van der Waals surface area (Å²) in [7, 11) is 0. The number of non-ortho nitro benzene ring substituents is 1. The SMILES string of the molecule is O=C(COc1ccc([N+](=O)[O-])cc1)Nc1ccccc1-c1nc(-c2cccnc2)no1. The number of carbonyl (C=O) groups is 1. The molecular formula is C21H15N5O5. The van der Waals surface area contributed by atoms with Gasteiger partial charge in [-0.3, -0.25) is 19.9 Å². The van der Waals surface area contributed by atoms with E-state index in [4.69, 9.17) is 9.26 Å². The number of anilines is 1. The molecule has 0 aliphatic heterocycles. The lowest BCUT2D eigenvalue weighted by molar-refractivity contribution is -0.384. The highest BCUT2D eigenvalue weighted by Crippen LogP contribution is 2.28. The van der Waals surface area contributed by atoms with Crippen LogP contribution in [0.2, 0.25) is 0 Å². The predicted octanol–water partition coefficient (Wildman–Crippen LogP) is 3.72. The summed E-state index contributed by atoms with van der Waals surface area (Å²) in [5, 5.41) is 17.4. The van der Waals surface area contributed by atoms with Crippen LogP contribution < -0.4 is 10.1 Å². The van der Waals surface area contributed by atoms with Crippen molar-refractivity contribution >= 4 is 17.3 Å². The Morgan fingerprint density at radius 3 is 2.65 bits per heavy atom. The number of amides is 1. The number of rotatable bonds is 7. The molecule has 2 heterocycles. The Labute approximate surface area is 175 Å². The van der Waals surface area contributed by atoms with E-state index >= 15 is 0 Å². The molecular weight excluding hydrogens is 402 g/mol. The largest absolute Gasteiger partial charge is 0.484 e. The monoisotopic (exact) mass is 417 g/mol. The molecule has 0 saturated carbocycles. The van der Waals surface area contributed by atoms with E-state index in [1.807, 2.05) is 6.07 Å². The van der Waals surface area contributed by atoms with E-state index in [2.05, 4.69) is 20.4 Å². The molecule has 4 rings (SSSR count). The Hall–Kier alpha value is -4.60. The maximum Gasteiger partial charge on any atom is 0.269 e. The Morgan fingerprint density at radius 2 is 1.90 bits per heavy atom. The zero-order valence-corrected chi connectivity index (χ0v) is 16.0. The Morgan fingerprint density at radius 1 is 1.10 bits per heavy atom. The number of para-hydroxylation sites is 1. The lowest BCUT2D eigenvalue weighted by Gasteiger charge is -2.09. The van der Waals surface area contributed by atoms with Crippen LogP contribution in [-0.4, -0.2) is 32.6 Å². The predicted molar refractivity (Wildman–Crippen MR) is 110 cm³/mol. The van der Waals surface area contributed by atoms with Gasteiger partial charge in [-0.1, -0.05) is 17.3 Å². The summed E-state index contributed by atoms with van der Waals surface area (Å²) < 4.78 is 10.7. The average molecular weight is 417 g/mol. The summed E-state index contributed by atoms with van der Waals surface area (Å²) in [5.41, 5.74) is 1.67. The number of pyridine rings is 1. The summed E-state index contributed by atoms with van der Waals surface area (Å²) in [6.07, 6.45) is 3.27. The molecule has 10 heteroatoms. The maximum absolute atomic E-state index is 12.4. The molecule has 0 fully saturated rings. The first-order valence-corrected chi connectivity index (χ1v) is 9.11. The third-order valence-corrected chi connectivity index (χ3v) is 4.19. The number of carbonyl (C=O) groups excluding carboxylic acids is 1. The molecule has 0 bridgehead atoms. The molecule has 0 aliphatic rings. The highest BCUT2D eigenvalue weighted by molar-refractivity contribution is 5.95. The molecule has 2 aromatic carbocycles. The lowest BCUT2D eigenvalue weighted by Crippen LogP contribution is -2.20. The number of benzene rings is 2. The Bertz CT molecular complexity index is 1210. The molecule has 154 valence electrons. The second kappa shape index (κ2) is 8.82. The quantitative estimate of drug-likeness (QED) is 0.355. The zero-order valence-electron chi connectivity index (χ0n) is 16.0. The first-order chi connectivity index (χ1) is 15.1. The van der Waals surface area contributed by atoms with E-state index in [1.54, 1.807) is 42.7 Å². The number of ether oxygens (including phenoxy) is 1. The smallest absolute Gasteiger partial charge is 0.269 e. The number of nitro groups is 1. The number of aromatic nitrogens is 3. The van der Waals surface area contributed by atoms with Gasteiger partial charge in [-0.2, -0.15) is 4.98 Å². The van der Waals surface area contributed by atoms with Gasteiger partial charge in [-0.25, -0.2) is 0 Å². The minimum Gasteiger partial charge on any atom is -0.484 e. The molecule has 0 aliphatic carbocycles. The normalized spacial score (nSPS) is 10.5. The van der Waals surface area contributed by atoms with Crippen molar-refractivity contribution in [3.05, 3.63) is 83.2 Å². The van der Waals surface area contributed by atoms with Gasteiger partial charge in [0.2, 0.25) is 5.82 Å². The molecule has 0 spiro atoms. The van der Waals surface area contributed by atoms with Crippen LogP contribution in [-0.2, 0) is 4.79 Å². The van der Waals surface area contributed by atoms with Crippen molar-refractivity contribution in [2.45, 2.75) is 0 Å². The van der Waals surface area contributed by atoms with Crippen molar-refractivity contribution in [1.82, 2.24) is 15.1 Å². The first kappa shape index (κ1) is 19.7. The van der Waals surface area contributed by atoms with E-state index in [9.17, 15) is 14.9 Å². The number of hydrogen-bond acceptors (Lipinski definition) is 8. The summed E-state index contributed by atoms with van der Waals surface area (Å²) >= 11 is 0. The molecule has 0 unspecified atom stereocenters. The average Bonchev–Trinajstić information content (AvgIpc) is 3.29. The second-order valence-corrected chi connectivity index (χ2v) is 6.30. The van der Waals surface area contributed by atoms with Gasteiger partial charge < -0.3 is 14.6 Å². The Balaban J connectivity index is 1.44. The van der Waals surface area contributed by atoms with E-state index in [0.717, 1.165) is 0 Å². The fourth-order valence-electron chi connectivity index (χ4n) is 2.72. The van der Waals surface area contributed by atoms with Crippen molar-refractivity contribution in [2.75, 3.05) is 11.9 Å². The van der Waals surface area contributed by atoms with Gasteiger partial charge in [-0.05, 0) is 36.4 Å². The standard InChI is InChI=1S/C21H15N5O5/c27-19(13-30-16-9-7-15(8-10-16)26(28)29)23-18-6-2-1-5-17(18)21-24-20(25-31-21)14-4-3-11-22-12-14/h1-12H,13H2,(H,23,27). The van der Waals surface area contributed by atoms with Crippen molar-refractivity contribution in [1.29, 1.82) is 0 Å². The summed E-state index contributed by atoms with van der Waals surface area (Å²) in [6.45, 7) is -0.281. The van der Waals surface area contributed by atoms with Crippen LogP contribution >= 0.6 is 0 Å². The van der Waals surface area contributed by atoms with Crippen LogP contribution in [0.15, 0.2) is 77.6 Å². The van der Waals surface area contributed by atoms with Crippen LogP contribution in [0.1, 0.15) is 0 Å². The second-order valence-electron chi connectivity index (χ2n) is 6.30. The van der Waals surface area contributed by atoms with Gasteiger partial charge in [0, 0.05) is 30.1 Å². The Kier molecular flexibility index (Phi) is 5.61. The third kappa shape index (κ3) is 4.70.